The predicted octanol–water partition coefficient (Wildman–Crippen LogP) is -0.792. The molecule has 0 fully saturated rings. The summed E-state index contributed by atoms with van der Waals surface area (Å²) in [6, 6.07) is -1.69. The van der Waals surface area contributed by atoms with Gasteiger partial charge in [-0.25, -0.2) is 0 Å². The number of aliphatic carboxylic acids is 1. The van der Waals surface area contributed by atoms with Gasteiger partial charge in [0.15, 0.2) is 0 Å². The molecular formula is C16H30N4O5. The molecule has 0 spiro atoms. The molecule has 3 amide bonds. The number of rotatable bonds is 11. The van der Waals surface area contributed by atoms with Gasteiger partial charge in [0.25, 0.3) is 0 Å². The molecule has 0 radical (unpaired) electrons. The van der Waals surface area contributed by atoms with Gasteiger partial charge in [-0.1, -0.05) is 27.7 Å². The topological polar surface area (TPSA) is 151 Å². The van der Waals surface area contributed by atoms with Crippen LogP contribution in [-0.2, 0) is 19.2 Å². The van der Waals surface area contributed by atoms with Gasteiger partial charge >= 0.3 is 5.97 Å². The smallest absolute Gasteiger partial charge is 0.322 e. The maximum absolute atomic E-state index is 12.5. The number of carbonyl (C=O) groups excluding carboxylic acids is 3. The van der Waals surface area contributed by atoms with Gasteiger partial charge in [0.2, 0.25) is 17.7 Å². The van der Waals surface area contributed by atoms with Gasteiger partial charge in [-0.05, 0) is 24.7 Å². The van der Waals surface area contributed by atoms with E-state index in [2.05, 4.69) is 16.0 Å². The normalized spacial score (nSPS) is 13.2. The zero-order chi connectivity index (χ0) is 19.6. The predicted molar refractivity (Wildman–Crippen MR) is 92.5 cm³/mol. The number of hydrogen-bond donors (Lipinski definition) is 5. The highest BCUT2D eigenvalue weighted by Gasteiger charge is 2.27. The van der Waals surface area contributed by atoms with Crippen LogP contribution in [0.3, 0.4) is 0 Å². The SMILES string of the molecule is CC(C)CC(NC(=O)CN)C(=O)NC(CC(C)C)C(=O)NCC(=O)O. The molecule has 25 heavy (non-hydrogen) atoms. The van der Waals surface area contributed by atoms with Crippen LogP contribution in [0.1, 0.15) is 40.5 Å². The molecule has 0 aliphatic heterocycles. The van der Waals surface area contributed by atoms with Crippen molar-refractivity contribution in [2.45, 2.75) is 52.6 Å². The minimum absolute atomic E-state index is 0.100. The van der Waals surface area contributed by atoms with Crippen LogP contribution in [0.2, 0.25) is 0 Å². The highest BCUT2D eigenvalue weighted by Crippen LogP contribution is 2.08. The van der Waals surface area contributed by atoms with E-state index >= 15 is 0 Å². The Morgan fingerprint density at radius 2 is 1.36 bits per heavy atom. The molecule has 0 saturated carbocycles. The fourth-order valence-electron chi connectivity index (χ4n) is 2.22. The summed E-state index contributed by atoms with van der Waals surface area (Å²) in [6.07, 6.45) is 0.735. The van der Waals surface area contributed by atoms with E-state index < -0.39 is 42.3 Å². The molecule has 0 saturated heterocycles. The van der Waals surface area contributed by atoms with E-state index in [4.69, 9.17) is 10.8 Å². The number of nitrogens with one attached hydrogen (secondary N) is 3. The van der Waals surface area contributed by atoms with E-state index in [1.807, 2.05) is 27.7 Å². The number of carboxylic acids is 1. The van der Waals surface area contributed by atoms with E-state index in [-0.39, 0.29) is 18.4 Å². The maximum Gasteiger partial charge on any atom is 0.322 e. The standard InChI is InChI=1S/C16H30N4O5/c1-9(2)5-11(15(24)18-8-14(22)23)20-16(25)12(6-10(3)4)19-13(21)7-17/h9-12H,5-8,17H2,1-4H3,(H,18,24)(H,19,21)(H,20,25)(H,22,23). The van der Waals surface area contributed by atoms with Crippen molar-refractivity contribution >= 4 is 23.7 Å². The van der Waals surface area contributed by atoms with Crippen molar-refractivity contribution in [3.05, 3.63) is 0 Å². The van der Waals surface area contributed by atoms with Crippen LogP contribution in [-0.4, -0.2) is 54.0 Å². The fourth-order valence-corrected chi connectivity index (χ4v) is 2.22. The number of hydrogen-bond acceptors (Lipinski definition) is 5. The van der Waals surface area contributed by atoms with Crippen LogP contribution in [0.4, 0.5) is 0 Å². The number of amides is 3. The first kappa shape index (κ1) is 22.8. The third-order valence-corrected chi connectivity index (χ3v) is 3.30. The lowest BCUT2D eigenvalue weighted by Gasteiger charge is -2.24. The van der Waals surface area contributed by atoms with Crippen molar-refractivity contribution in [2.75, 3.05) is 13.1 Å². The summed E-state index contributed by atoms with van der Waals surface area (Å²) in [6.45, 7) is 6.80. The van der Waals surface area contributed by atoms with E-state index in [0.29, 0.717) is 12.8 Å². The zero-order valence-corrected chi connectivity index (χ0v) is 15.3. The third-order valence-electron chi connectivity index (χ3n) is 3.30. The van der Waals surface area contributed by atoms with Crippen molar-refractivity contribution in [2.24, 2.45) is 17.6 Å². The van der Waals surface area contributed by atoms with E-state index in [1.54, 1.807) is 0 Å². The summed E-state index contributed by atoms with van der Waals surface area (Å²) < 4.78 is 0. The second-order valence-corrected chi connectivity index (χ2v) is 6.76. The highest BCUT2D eigenvalue weighted by atomic mass is 16.4. The van der Waals surface area contributed by atoms with Crippen LogP contribution in [0.5, 0.6) is 0 Å². The first-order valence-corrected chi connectivity index (χ1v) is 8.36. The number of carboxylic acid groups (broad SMARTS) is 1. The average Bonchev–Trinajstić information content (AvgIpc) is 2.49. The van der Waals surface area contributed by atoms with Crippen LogP contribution < -0.4 is 21.7 Å². The summed E-state index contributed by atoms with van der Waals surface area (Å²) in [4.78, 5) is 46.8. The zero-order valence-electron chi connectivity index (χ0n) is 15.3. The Morgan fingerprint density at radius 3 is 1.76 bits per heavy atom. The fraction of sp³-hybridized carbons (Fsp3) is 0.750. The van der Waals surface area contributed by atoms with Crippen LogP contribution >= 0.6 is 0 Å². The number of carbonyl (C=O) groups is 4. The maximum atomic E-state index is 12.5. The van der Waals surface area contributed by atoms with Crippen molar-refractivity contribution in [3.8, 4) is 0 Å². The molecule has 0 aromatic heterocycles. The van der Waals surface area contributed by atoms with Gasteiger partial charge in [0.05, 0.1) is 6.54 Å². The monoisotopic (exact) mass is 358 g/mol. The summed E-state index contributed by atoms with van der Waals surface area (Å²) in [5.41, 5.74) is 5.27. The van der Waals surface area contributed by atoms with Crippen LogP contribution in [0, 0.1) is 11.8 Å². The van der Waals surface area contributed by atoms with Crippen molar-refractivity contribution in [3.63, 3.8) is 0 Å². The van der Waals surface area contributed by atoms with Gasteiger partial charge in [0.1, 0.15) is 18.6 Å². The molecule has 2 unspecified atom stereocenters. The van der Waals surface area contributed by atoms with E-state index in [9.17, 15) is 19.2 Å². The first-order chi connectivity index (χ1) is 11.6. The lowest BCUT2D eigenvalue weighted by atomic mass is 10.00. The largest absolute Gasteiger partial charge is 0.480 e. The molecule has 0 aliphatic carbocycles. The van der Waals surface area contributed by atoms with Gasteiger partial charge in [-0.15, -0.1) is 0 Å². The van der Waals surface area contributed by atoms with Gasteiger partial charge in [0, 0.05) is 0 Å². The van der Waals surface area contributed by atoms with E-state index in [1.165, 1.54) is 0 Å². The molecule has 0 aromatic rings. The number of nitrogens with two attached hydrogens (primary N) is 1. The third kappa shape index (κ3) is 10.3. The Labute approximate surface area is 148 Å². The Bertz CT molecular complexity index is 479. The van der Waals surface area contributed by atoms with Crippen molar-refractivity contribution in [1.82, 2.24) is 16.0 Å². The quantitative estimate of drug-likeness (QED) is 0.326. The summed E-state index contributed by atoms with van der Waals surface area (Å²) in [5, 5.41) is 16.1. The van der Waals surface area contributed by atoms with Gasteiger partial charge in [-0.2, -0.15) is 0 Å². The second-order valence-electron chi connectivity index (χ2n) is 6.76. The summed E-state index contributed by atoms with van der Waals surface area (Å²) in [5.74, 6) is -2.46. The van der Waals surface area contributed by atoms with Crippen LogP contribution in [0.15, 0.2) is 0 Å². The molecule has 9 heteroatoms. The molecule has 9 nitrogen and oxygen atoms in total. The summed E-state index contributed by atoms with van der Waals surface area (Å²) in [7, 11) is 0. The molecule has 6 N–H and O–H groups in total. The minimum atomic E-state index is -1.17. The minimum Gasteiger partial charge on any atom is -0.480 e. The van der Waals surface area contributed by atoms with Crippen molar-refractivity contribution < 1.29 is 24.3 Å². The molecule has 144 valence electrons. The van der Waals surface area contributed by atoms with Crippen molar-refractivity contribution in [1.29, 1.82) is 0 Å². The Balaban J connectivity index is 5.06. The van der Waals surface area contributed by atoms with Gasteiger partial charge in [-0.3, -0.25) is 19.2 Å². The lowest BCUT2D eigenvalue weighted by molar-refractivity contribution is -0.138. The first-order valence-electron chi connectivity index (χ1n) is 8.36. The molecule has 0 bridgehead atoms. The molecule has 0 rings (SSSR count). The Morgan fingerprint density at radius 1 is 0.880 bits per heavy atom. The van der Waals surface area contributed by atoms with E-state index in [0.717, 1.165) is 0 Å². The second kappa shape index (κ2) is 11.4. The Kier molecular flexibility index (Phi) is 10.4. The molecular weight excluding hydrogens is 328 g/mol. The molecule has 0 heterocycles. The molecule has 0 aliphatic rings. The Hall–Kier alpha value is -2.16. The molecule has 2 atom stereocenters. The lowest BCUT2D eigenvalue weighted by Crippen LogP contribution is -2.55. The highest BCUT2D eigenvalue weighted by molar-refractivity contribution is 5.93. The summed E-state index contributed by atoms with van der Waals surface area (Å²) >= 11 is 0. The average molecular weight is 358 g/mol. The van der Waals surface area contributed by atoms with Gasteiger partial charge < -0.3 is 26.8 Å². The van der Waals surface area contributed by atoms with Crippen LogP contribution in [0.25, 0.3) is 0 Å². The molecule has 0 aromatic carbocycles.